The second kappa shape index (κ2) is 39.1. The van der Waals surface area contributed by atoms with Crippen molar-refractivity contribution in [1.82, 2.24) is 26.6 Å². The first-order chi connectivity index (χ1) is 58.4. The molecule has 23 atom stereocenters. The highest BCUT2D eigenvalue weighted by molar-refractivity contribution is 7.21. The van der Waals surface area contributed by atoms with E-state index in [0.717, 1.165) is 63.2 Å². The lowest BCUT2D eigenvalue weighted by Crippen LogP contribution is -2.65. The number of carbonyl (C=O) groups is 8. The summed E-state index contributed by atoms with van der Waals surface area (Å²) in [5, 5.41) is 154. The molecule has 8 aliphatic rings. The van der Waals surface area contributed by atoms with Gasteiger partial charge in [0.05, 0.1) is 40.7 Å². The molecule has 21 N–H and O–H groups in total. The van der Waals surface area contributed by atoms with Gasteiger partial charge in [0.1, 0.15) is 108 Å². The summed E-state index contributed by atoms with van der Waals surface area (Å²) in [6, 6.07) is 13.3. The molecule has 0 aliphatic carbocycles. The minimum atomic E-state index is -2.33. The quantitative estimate of drug-likeness (QED) is 0.0443. The molecule has 124 heavy (non-hydrogen) atoms. The first kappa shape index (κ1) is 93.6. The number of thiophene rings is 2. The molecule has 10 heterocycles. The van der Waals surface area contributed by atoms with Crippen LogP contribution in [0, 0.1) is 17.8 Å². The fourth-order valence-electron chi connectivity index (χ4n) is 16.1. The summed E-state index contributed by atoms with van der Waals surface area (Å²) in [4.78, 5) is 124. The molecular weight excluding hydrogens is 1700 g/mol. The van der Waals surface area contributed by atoms with Gasteiger partial charge in [0.25, 0.3) is 0 Å². The van der Waals surface area contributed by atoms with Crippen molar-refractivity contribution < 1.29 is 138 Å². The van der Waals surface area contributed by atoms with Gasteiger partial charge in [-0.3, -0.25) is 33.6 Å². The van der Waals surface area contributed by atoms with Crippen LogP contribution < -0.4 is 52.3 Å². The molecule has 11 bridgehead atoms. The standard InChI is InChI=1S/C84H95Cl2N7O28S2.CH4/c1-6-35(18-33(2)3)77(108)92-65-50(98)22-40(25-60(87)100)78(109)90-63-39-23-54(115-52-14-10-37(67(65)101)20-46(52)85)74(120-83-72(106)70(104)75(57(32-94)118-83)121-82-71(105)69(103)68(102)56(117-82)31-89-30-42-12-16-59(123-42)58-8-7-17-122-58)55(24-39)116-53-15-11-38(21-47(53)86)73(119-61-29-84(5,88)76(107)34(4)114-61)66-80(111)91-64(81(112)113)45-26-41(95)27-49(97)62(45)44-19-36(9-13-48(44)96)43(28-51(63)99)79(110)93-66;/h7-17,19-21,23-24,26-27,33-35,40,43,56-57,61,63-73,75-76,82-83,89,94-97,101-107H,6,18,22,25,28-32,88H2,1-5H3,(H2,87,100)(H,90,109)(H,91,111)(H,92,108)(H,93,110)(H,112,113);1H4/t34-,35+,40-,43+,56+,57+,61?,63+,64+,65-,66-,67+,68-,69-,70+,71+,72+,73+,75+,76-,82-,83-,84-;/m0./s1. The predicted molar refractivity (Wildman–Crippen MR) is 445 cm³/mol. The molecule has 35 nitrogen and oxygen atoms in total. The van der Waals surface area contributed by atoms with E-state index in [0.29, 0.717) is 6.42 Å². The van der Waals surface area contributed by atoms with E-state index >= 15 is 24.0 Å². The Morgan fingerprint density at radius 1 is 0.702 bits per heavy atom. The molecule has 5 amide bonds. The summed E-state index contributed by atoms with van der Waals surface area (Å²) in [6.07, 6.45) is -30.1. The minimum absolute atomic E-state index is 0. The normalized spacial score (nSPS) is 30.0. The molecule has 15 rings (SSSR count). The molecule has 1 unspecified atom stereocenters. The number of ketones is 2. The molecule has 0 radical (unpaired) electrons. The summed E-state index contributed by atoms with van der Waals surface area (Å²) >= 11 is 17.6. The number of phenolic OH excluding ortho intramolecular Hbond substituents is 3. The summed E-state index contributed by atoms with van der Waals surface area (Å²) in [6.45, 7) is 7.48. The number of nitrogens with one attached hydrogen (secondary N) is 5. The third kappa shape index (κ3) is 20.3. The van der Waals surface area contributed by atoms with Crippen molar-refractivity contribution in [2.45, 2.75) is 215 Å². The van der Waals surface area contributed by atoms with E-state index in [-0.39, 0.29) is 66.7 Å². The highest BCUT2D eigenvalue weighted by atomic mass is 35.5. The molecule has 39 heteroatoms. The number of nitrogens with two attached hydrogens (primary N) is 2. The van der Waals surface area contributed by atoms with Crippen LogP contribution in [0.15, 0.2) is 109 Å². The number of primary amides is 1. The first-order valence-electron chi connectivity index (χ1n) is 39.6. The number of Topliss-reactive ketones (excluding diaryl/α,β-unsaturated/α-hetero) is 2. The molecule has 7 aromatic rings. The second-order valence-electron chi connectivity index (χ2n) is 32.1. The van der Waals surface area contributed by atoms with Crippen LogP contribution >= 0.6 is 45.9 Å². The van der Waals surface area contributed by atoms with Crippen molar-refractivity contribution in [3.8, 4) is 66.9 Å². The highest BCUT2D eigenvalue weighted by Gasteiger charge is 2.53. The monoisotopic (exact) mass is 1800 g/mol. The van der Waals surface area contributed by atoms with Crippen LogP contribution in [0.5, 0.6) is 46.0 Å². The van der Waals surface area contributed by atoms with Crippen molar-refractivity contribution in [2.75, 3.05) is 13.2 Å². The number of phenols is 3. The van der Waals surface area contributed by atoms with Gasteiger partial charge in [0.15, 0.2) is 41.7 Å². The van der Waals surface area contributed by atoms with Gasteiger partial charge in [-0.1, -0.05) is 75.7 Å². The molecular formula is C85H99Cl2N7O28S2. The van der Waals surface area contributed by atoms with E-state index < -0.39 is 280 Å². The van der Waals surface area contributed by atoms with E-state index in [4.69, 9.17) is 72.6 Å². The Bertz CT molecular complexity index is 5120. The van der Waals surface area contributed by atoms with Crippen molar-refractivity contribution in [1.29, 1.82) is 0 Å². The van der Waals surface area contributed by atoms with Crippen LogP contribution in [-0.2, 0) is 68.6 Å². The number of aliphatic hydroxyl groups excluding tert-OH is 8. The van der Waals surface area contributed by atoms with Gasteiger partial charge >= 0.3 is 5.97 Å². The number of hydrogen-bond donors (Lipinski definition) is 19. The zero-order valence-electron chi connectivity index (χ0n) is 66.7. The van der Waals surface area contributed by atoms with Crippen LogP contribution in [-0.4, -0.2) is 219 Å². The number of rotatable bonds is 20. The van der Waals surface area contributed by atoms with Crippen LogP contribution in [0.25, 0.3) is 20.9 Å². The Labute approximate surface area is 728 Å². The number of fused-ring (bicyclic) bond motifs is 15. The van der Waals surface area contributed by atoms with Gasteiger partial charge in [-0.05, 0) is 133 Å². The molecule has 668 valence electrons. The average Bonchev–Trinajstić information content (AvgIpc) is 0.875. The number of ether oxygens (including phenoxy) is 8. The maximum Gasteiger partial charge on any atom is 0.330 e. The zero-order chi connectivity index (χ0) is 88.6. The number of aliphatic hydroxyl groups is 8. The van der Waals surface area contributed by atoms with Crippen LogP contribution in [0.4, 0.5) is 0 Å². The number of carbonyl (C=O) groups excluding carboxylic acids is 7. The van der Waals surface area contributed by atoms with Gasteiger partial charge in [0, 0.05) is 87.6 Å². The maximum atomic E-state index is 16.6. The lowest BCUT2D eigenvalue weighted by molar-refractivity contribution is -0.350. The van der Waals surface area contributed by atoms with E-state index in [2.05, 4.69) is 26.6 Å². The number of amides is 5. The number of hydrogen-bond acceptors (Lipinski definition) is 31. The first-order valence-corrected chi connectivity index (χ1v) is 42.1. The average molecular weight is 1800 g/mol. The van der Waals surface area contributed by atoms with E-state index in [1.165, 1.54) is 55.5 Å². The third-order valence-corrected chi connectivity index (χ3v) is 25.3. The summed E-state index contributed by atoms with van der Waals surface area (Å²) < 4.78 is 51.4. The Hall–Kier alpha value is -9.56. The number of aromatic hydroxyl groups is 3. The number of carboxylic acid groups (broad SMARTS) is 1. The van der Waals surface area contributed by atoms with Crippen molar-refractivity contribution in [2.24, 2.45) is 29.2 Å². The fourth-order valence-corrected chi connectivity index (χ4v) is 18.4. The fraction of sp³-hybridized carbons (Fsp3) is 0.459. The number of carboxylic acids is 1. The van der Waals surface area contributed by atoms with Crippen molar-refractivity contribution >= 4 is 92.9 Å². The van der Waals surface area contributed by atoms with Gasteiger partial charge in [0.2, 0.25) is 41.6 Å². The molecule has 0 saturated carbocycles. The van der Waals surface area contributed by atoms with Crippen molar-refractivity contribution in [3.05, 3.63) is 151 Å². The minimum Gasteiger partial charge on any atom is -0.508 e. The predicted octanol–water partition coefficient (Wildman–Crippen LogP) is 5.57. The highest BCUT2D eigenvalue weighted by Crippen LogP contribution is 2.51. The van der Waals surface area contributed by atoms with E-state index in [1.54, 1.807) is 18.3 Å². The molecule has 0 spiro atoms. The Morgan fingerprint density at radius 2 is 1.37 bits per heavy atom. The summed E-state index contributed by atoms with van der Waals surface area (Å²) in [5.41, 5.74) is 8.55. The molecule has 3 saturated heterocycles. The van der Waals surface area contributed by atoms with Gasteiger partial charge in [-0.25, -0.2) is 4.79 Å². The molecule has 2 aromatic heterocycles. The summed E-state index contributed by atoms with van der Waals surface area (Å²) in [7, 11) is 0. The lowest BCUT2D eigenvalue weighted by atomic mass is 9.84. The van der Waals surface area contributed by atoms with Gasteiger partial charge < -0.3 is 137 Å². The third-order valence-electron chi connectivity index (χ3n) is 22.6. The second-order valence-corrected chi connectivity index (χ2v) is 35.0. The molecule has 3 fully saturated rings. The van der Waals surface area contributed by atoms with Crippen LogP contribution in [0.1, 0.15) is 143 Å². The Balaban J connectivity index is 0.0000140. The van der Waals surface area contributed by atoms with E-state index in [9.17, 15) is 75.7 Å². The number of halogens is 2. The van der Waals surface area contributed by atoms with Crippen LogP contribution in [0.3, 0.4) is 0 Å². The topological polar surface area (TPSA) is 565 Å². The van der Waals surface area contributed by atoms with Crippen LogP contribution in [0.2, 0.25) is 10.0 Å². The SMILES string of the molecule is C.CC[C@H](CC(C)C)C(=O)N[C@H]1C(=O)C[C@@H](CC(N)=O)C(=O)N[C@H]2C(=O)C[C@H]3C(=O)N[C@H](C(=O)N[C@@H](C(=O)O)c4cc(O)cc(O)c4-c4cc3ccc4O)[C@H](OC3C[C@](C)(N)[C@@H](O)[C@H](C)O3)c3ccc(c(Cl)c3)Oc3cc2cc(c3O[C@@H]2O[C@H](CO)[C@@H](O[C@@H]3O[C@H](CNCc4ccc(-c5cccs5)s4)[C@H](O)[C@H](O)[C@H]3O)[C@H](O)[C@H]2O)Oc2ccc(cc2Cl)[C@H]1O. The lowest BCUT2D eigenvalue weighted by Gasteiger charge is -2.46. The maximum absolute atomic E-state index is 16.6. The van der Waals surface area contributed by atoms with Crippen molar-refractivity contribution in [3.63, 3.8) is 0 Å². The molecule has 8 aliphatic heterocycles. The zero-order valence-corrected chi connectivity index (χ0v) is 69.8. The smallest absolute Gasteiger partial charge is 0.330 e. The molecule has 5 aromatic carbocycles. The Morgan fingerprint density at radius 3 is 2.01 bits per heavy atom. The Kier molecular flexibility index (Phi) is 29.5. The summed E-state index contributed by atoms with van der Waals surface area (Å²) in [5.74, 6) is -19.7. The van der Waals surface area contributed by atoms with Gasteiger partial charge in [-0.15, -0.1) is 22.7 Å². The number of aliphatic carboxylic acids is 1. The number of benzene rings is 5. The van der Waals surface area contributed by atoms with Gasteiger partial charge in [-0.2, -0.15) is 0 Å². The largest absolute Gasteiger partial charge is 0.508 e. The van der Waals surface area contributed by atoms with E-state index in [1.807, 2.05) is 43.5 Å².